The summed E-state index contributed by atoms with van der Waals surface area (Å²) < 4.78 is 24.3. The van der Waals surface area contributed by atoms with Crippen LogP contribution in [0.25, 0.3) is 80.0 Å². The van der Waals surface area contributed by atoms with Gasteiger partial charge in [-0.3, -0.25) is 19.2 Å². The first-order valence-electron chi connectivity index (χ1n) is 34.3. The zero-order chi connectivity index (χ0) is 82.8. The number of carboxylic acids is 3. The summed E-state index contributed by atoms with van der Waals surface area (Å²) in [7, 11) is 2.53. The van der Waals surface area contributed by atoms with Crippen LogP contribution in [-0.2, 0) is 62.0 Å². The third-order valence-corrected chi connectivity index (χ3v) is 15.7. The van der Waals surface area contributed by atoms with Gasteiger partial charge in [-0.15, -0.1) is 0 Å². The molecule has 0 radical (unpaired) electrons. The van der Waals surface area contributed by atoms with E-state index >= 15 is 0 Å². The molecule has 40 nitrogen and oxygen atoms in total. The van der Waals surface area contributed by atoms with Gasteiger partial charge in [0.1, 0.15) is 43.4 Å². The Morgan fingerprint density at radius 1 is 0.445 bits per heavy atom. The van der Waals surface area contributed by atoms with E-state index in [4.69, 9.17) is 63.7 Å². The number of fused-ring (bicyclic) bond motifs is 6. The first-order chi connectivity index (χ1) is 52.6. The molecule has 0 saturated carbocycles. The van der Waals surface area contributed by atoms with Gasteiger partial charge in [0.15, 0.2) is 8.07 Å². The first-order valence-corrected chi connectivity index (χ1v) is 37.9. The number of nitrogens with one attached hydrogen (secondary N) is 4. The molecule has 6 rings (SSSR count). The molecular formula is C69H96N22O18Si. The molecule has 41 heteroatoms. The number of amides is 4. The second-order valence-electron chi connectivity index (χ2n) is 24.1. The second kappa shape index (κ2) is 57.5. The lowest BCUT2D eigenvalue weighted by molar-refractivity contribution is -0.145. The number of methoxy groups -OCH3 is 3. The Hall–Kier alpha value is -12.7. The molecule has 0 spiro atoms. The molecule has 4 aromatic carbocycles. The zero-order valence-electron chi connectivity index (χ0n) is 62.7. The van der Waals surface area contributed by atoms with Gasteiger partial charge in [0, 0.05) is 88.4 Å². The van der Waals surface area contributed by atoms with Crippen molar-refractivity contribution in [2.75, 3.05) is 67.3 Å². The van der Waals surface area contributed by atoms with E-state index in [-0.39, 0.29) is 95.3 Å². The molecule has 2 aliphatic rings. The van der Waals surface area contributed by atoms with E-state index in [1.54, 1.807) is 5.84 Å². The van der Waals surface area contributed by atoms with Gasteiger partial charge in [0.05, 0.1) is 21.3 Å². The summed E-state index contributed by atoms with van der Waals surface area (Å²) in [5.74, 6) is -3.73. The van der Waals surface area contributed by atoms with Crippen LogP contribution in [0.15, 0.2) is 123 Å². The normalized spacial score (nSPS) is 11.9. The minimum absolute atomic E-state index is 0.0103. The molecule has 9 N–H and O–H groups in total. The Morgan fingerprint density at radius 3 is 0.991 bits per heavy atom. The maximum atomic E-state index is 12.2. The van der Waals surface area contributed by atoms with Crippen molar-refractivity contribution in [1.29, 1.82) is 0 Å². The fourth-order valence-electron chi connectivity index (χ4n) is 9.67. The number of nitrogens with two attached hydrogens (primary N) is 1. The van der Waals surface area contributed by atoms with Crippen molar-refractivity contribution in [1.82, 2.24) is 21.3 Å². The van der Waals surface area contributed by atoms with Crippen molar-refractivity contribution < 1.29 is 91.7 Å². The number of ether oxygens (including phenoxy) is 5. The standard InChI is InChI=1S/C20H20N4O4.C19H18N4O4.C9H16N4O3.C8H14N4O3.C5H10N4O2.C4H10N2Si.C4H8O2/c1-27-19(25)18(10-11-22-24-21)23-20(26)28-12-17-15-8-4-2-6-13(15)14-7-3-5-9-16(14)17;20-23-21-10-9-17(18(24)25)22-19(26)27-11-16-14-7-3-1-5-12(14)13-6-2-4-8-15(13)16;1-3-4-8(14)12-7(9(15)16-2)5-6-11-13-10;1-2-3-7(13)11-6(8(14)15)4-5-10-12-9;1-11-5(10)4(6)2-3-8-9-7;1-7(2,3)4-6-5;1-2-3-4(5)6/h2-9,17-18H,10-12H2,1H3,(H,23,26);1-8,16-17H,9-11H2,(H,22,26)(H,24,25);7H,3-6H2,1-2H3,(H,12,14);6H,2-5H2,1H3,(H,11,13)(H,14,15);4H,2-3,6H2,1H3;4H,1-3H3;2-3H2,1H3,(H,5,6)/t18-;17-;7-;6-;4-;;/m00000../s1. The molecule has 2 aliphatic carbocycles. The van der Waals surface area contributed by atoms with Crippen LogP contribution in [0, 0.1) is 0 Å². The van der Waals surface area contributed by atoms with Gasteiger partial charge in [0.25, 0.3) is 0 Å². The molecule has 0 unspecified atom stereocenters. The molecule has 4 amide bonds. The monoisotopic (exact) mass is 1550 g/mol. The predicted molar refractivity (Wildman–Crippen MR) is 406 cm³/mol. The number of benzene rings is 4. The van der Waals surface area contributed by atoms with Crippen LogP contribution < -0.4 is 27.0 Å². The number of aliphatic carboxylic acids is 3. The Kier molecular flexibility index (Phi) is 50.9. The third kappa shape index (κ3) is 40.1. The van der Waals surface area contributed by atoms with Gasteiger partial charge in [-0.1, -0.05) is 163 Å². The molecule has 0 bridgehead atoms. The van der Waals surface area contributed by atoms with Crippen molar-refractivity contribution >= 4 is 73.7 Å². The molecule has 5 atom stereocenters. The minimum Gasteiger partial charge on any atom is -0.481 e. The predicted octanol–water partition coefficient (Wildman–Crippen LogP) is 11.9. The summed E-state index contributed by atoms with van der Waals surface area (Å²) in [6.45, 7) is 12.5. The molecule has 594 valence electrons. The first kappa shape index (κ1) is 97.3. The summed E-state index contributed by atoms with van der Waals surface area (Å²) in [4.78, 5) is 128. The average molecular weight is 1550 g/mol. The van der Waals surface area contributed by atoms with Crippen molar-refractivity contribution in [3.05, 3.63) is 177 Å². The minimum atomic E-state index is -1.21. The maximum absolute atomic E-state index is 12.2. The molecule has 0 heterocycles. The fourth-order valence-corrected chi connectivity index (χ4v) is 10.0. The van der Waals surface area contributed by atoms with Gasteiger partial charge in [-0.05, 0) is 124 Å². The molecule has 4 aromatic rings. The summed E-state index contributed by atoms with van der Waals surface area (Å²) in [5, 5.41) is 51.9. The van der Waals surface area contributed by atoms with Gasteiger partial charge in [-0.2, -0.15) is 4.79 Å². The number of carbonyl (C=O) groups is 10. The number of hydrogen-bond donors (Lipinski definition) is 8. The molecule has 0 saturated heterocycles. The van der Waals surface area contributed by atoms with Gasteiger partial charge in [-0.25, -0.2) is 28.8 Å². The van der Waals surface area contributed by atoms with E-state index < -0.39 is 86.3 Å². The van der Waals surface area contributed by atoms with E-state index in [0.717, 1.165) is 50.9 Å². The van der Waals surface area contributed by atoms with Crippen LogP contribution in [0.1, 0.15) is 125 Å². The summed E-state index contributed by atoms with van der Waals surface area (Å²) in [6, 6.07) is 27.4. The number of alkyl carbamates (subject to hydrolysis) is 2. The SMILES string of the molecule is CCCC(=O)N[C@@H](CCN=[N+]=[N-])C(=O)O.CCCC(=O)N[C@@H](CCN=[N+]=[N-])C(=O)OC.CCCC(=O)O.COC(=O)[C@@H](N)CCN=[N+]=[N-].COC(=O)[C@H](CCN=[N+]=[N-])NC(=O)OCC1c2ccccc2-c2ccccc21.C[Si](C)(C)C=[N+]=[N-].[N-]=[N+]=NCC[C@H](NC(=O)OCC1c2ccccc2-c2ccccc21)C(=O)O. The van der Waals surface area contributed by atoms with Crippen LogP contribution >= 0.6 is 0 Å². The number of carboxylic acid groups (broad SMARTS) is 3. The Labute approximate surface area is 635 Å². The van der Waals surface area contributed by atoms with Crippen molar-refractivity contribution in [3.8, 4) is 22.3 Å². The van der Waals surface area contributed by atoms with Crippen LogP contribution in [0.2, 0.25) is 19.6 Å². The lowest BCUT2D eigenvalue weighted by Gasteiger charge is -2.18. The van der Waals surface area contributed by atoms with E-state index in [0.29, 0.717) is 38.5 Å². The van der Waals surface area contributed by atoms with Crippen molar-refractivity contribution in [2.45, 2.75) is 153 Å². The van der Waals surface area contributed by atoms with Gasteiger partial charge in [0.2, 0.25) is 17.7 Å². The largest absolute Gasteiger partial charge is 0.481 e. The topological polar surface area (TPSA) is 632 Å². The van der Waals surface area contributed by atoms with Crippen LogP contribution in [0.5, 0.6) is 0 Å². The highest BCUT2D eigenvalue weighted by atomic mass is 28.3. The highest BCUT2D eigenvalue weighted by Gasteiger charge is 2.32. The molecule has 110 heavy (non-hydrogen) atoms. The van der Waals surface area contributed by atoms with Gasteiger partial charge < -0.3 is 71.5 Å². The molecule has 0 aliphatic heterocycles. The lowest BCUT2D eigenvalue weighted by atomic mass is 9.98. The Morgan fingerprint density at radius 2 is 0.727 bits per heavy atom. The number of carbonyl (C=O) groups excluding carboxylic acids is 7. The average Bonchev–Trinajstić information content (AvgIpc) is 1.63. The highest BCUT2D eigenvalue weighted by Crippen LogP contribution is 2.46. The number of nitrogens with zero attached hydrogens (tertiary/aromatic N) is 17. The van der Waals surface area contributed by atoms with E-state index in [9.17, 15) is 47.9 Å². The number of azide groups is 5. The van der Waals surface area contributed by atoms with Crippen LogP contribution in [-0.4, -0.2) is 191 Å². The highest BCUT2D eigenvalue weighted by molar-refractivity contribution is 6.98. The smallest absolute Gasteiger partial charge is 0.407 e. The number of rotatable bonds is 35. The number of esters is 3. The fraction of sp³-hybridized carbons (Fsp3) is 0.493. The van der Waals surface area contributed by atoms with E-state index in [1.807, 2.05) is 106 Å². The zero-order valence-corrected chi connectivity index (χ0v) is 63.7. The van der Waals surface area contributed by atoms with Crippen LogP contribution in [0.4, 0.5) is 9.59 Å². The third-order valence-electron chi connectivity index (χ3n) is 14.8. The quantitative estimate of drug-likeness (QED) is 0.00403. The Balaban J connectivity index is 0.00000134. The lowest BCUT2D eigenvalue weighted by Crippen LogP contribution is -2.42. The molecule has 0 fully saturated rings. The number of hydrogen-bond acceptors (Lipinski definition) is 21. The van der Waals surface area contributed by atoms with E-state index in [1.165, 1.54) is 21.3 Å². The van der Waals surface area contributed by atoms with Crippen molar-refractivity contribution in [2.24, 2.45) is 31.3 Å². The van der Waals surface area contributed by atoms with Crippen molar-refractivity contribution in [3.63, 3.8) is 0 Å². The summed E-state index contributed by atoms with van der Waals surface area (Å²) in [6.07, 6.45) is 2.28. The molecule has 0 aromatic heterocycles. The van der Waals surface area contributed by atoms with Gasteiger partial charge >= 0.3 is 48.0 Å². The Bertz CT molecular complexity index is 3850. The van der Waals surface area contributed by atoms with Crippen LogP contribution in [0.3, 0.4) is 0 Å². The summed E-state index contributed by atoms with van der Waals surface area (Å²) >= 11 is 0. The second-order valence-corrected chi connectivity index (χ2v) is 29.1. The summed E-state index contributed by atoms with van der Waals surface area (Å²) in [5.41, 5.74) is 62.8. The molecular weight excluding hydrogens is 1450 g/mol. The maximum Gasteiger partial charge on any atom is 0.407 e. The van der Waals surface area contributed by atoms with E-state index in [2.05, 4.69) is 122 Å².